The number of phosphoric acid groups is 1. The zero-order valence-corrected chi connectivity index (χ0v) is 7.45. The number of methoxy groups -OCH3 is 1. The van der Waals surface area contributed by atoms with Gasteiger partial charge in [-0.05, 0) is 6.92 Å². The highest BCUT2D eigenvalue weighted by atomic mass is 31.2. The van der Waals surface area contributed by atoms with E-state index < -0.39 is 13.8 Å². The number of carbonyl (C=O) groups is 1. The summed E-state index contributed by atoms with van der Waals surface area (Å²) in [6.07, 6.45) is 0.832. The first-order valence-corrected chi connectivity index (χ1v) is 4.39. The number of ether oxygens (including phenoxy) is 1. The molecule has 0 bridgehead atoms. The van der Waals surface area contributed by atoms with Crippen molar-refractivity contribution < 1.29 is 28.4 Å². The van der Waals surface area contributed by atoms with Crippen molar-refractivity contribution in [2.45, 2.75) is 6.92 Å². The third-order valence-electron chi connectivity index (χ3n) is 0.785. The number of hydrogen-bond acceptors (Lipinski definition) is 4. The summed E-state index contributed by atoms with van der Waals surface area (Å²) in [6, 6.07) is 0. The summed E-state index contributed by atoms with van der Waals surface area (Å²) in [7, 11) is -3.42. The van der Waals surface area contributed by atoms with Crippen LogP contribution in [0.3, 0.4) is 0 Å². The van der Waals surface area contributed by atoms with Crippen molar-refractivity contribution in [1.29, 1.82) is 0 Å². The van der Waals surface area contributed by atoms with Gasteiger partial charge in [0.25, 0.3) is 0 Å². The Bertz CT molecular complexity index is 238. The number of carbonyl (C=O) groups excluding carboxylic acids is 1. The topological polar surface area (TPSA) is 93.1 Å². The number of esters is 1. The number of allylic oxidation sites excluding steroid dienone is 1. The molecule has 0 rings (SSSR count). The first-order valence-electron chi connectivity index (χ1n) is 2.86. The molecule has 0 saturated heterocycles. The van der Waals surface area contributed by atoms with Crippen LogP contribution in [0.2, 0.25) is 0 Å². The van der Waals surface area contributed by atoms with Gasteiger partial charge in [0.15, 0.2) is 0 Å². The maximum atomic E-state index is 10.5. The minimum atomic E-state index is -4.56. The Morgan fingerprint density at radius 1 is 1.50 bits per heavy atom. The van der Waals surface area contributed by atoms with E-state index in [0.717, 1.165) is 13.2 Å². The van der Waals surface area contributed by atoms with Crippen LogP contribution in [0.1, 0.15) is 6.92 Å². The maximum Gasteiger partial charge on any atom is 0.524 e. The van der Waals surface area contributed by atoms with Crippen LogP contribution in [0.4, 0.5) is 0 Å². The van der Waals surface area contributed by atoms with Gasteiger partial charge < -0.3 is 9.26 Å². The molecule has 0 aliphatic heterocycles. The highest BCUT2D eigenvalue weighted by Gasteiger charge is 2.15. The molecule has 70 valence electrons. The van der Waals surface area contributed by atoms with Crippen LogP contribution < -0.4 is 0 Å². The highest BCUT2D eigenvalue weighted by molar-refractivity contribution is 7.46. The van der Waals surface area contributed by atoms with E-state index in [1.165, 1.54) is 6.92 Å². The van der Waals surface area contributed by atoms with Gasteiger partial charge in [-0.3, -0.25) is 9.79 Å². The molecule has 0 unspecified atom stereocenters. The molecule has 2 N–H and O–H groups in total. The minimum Gasteiger partial charge on any atom is -0.466 e. The summed E-state index contributed by atoms with van der Waals surface area (Å²) in [5.41, 5.74) is 0. The molecule has 0 atom stereocenters. The van der Waals surface area contributed by atoms with Gasteiger partial charge in [-0.1, -0.05) is 0 Å². The van der Waals surface area contributed by atoms with Gasteiger partial charge in [0.1, 0.15) is 5.76 Å². The van der Waals surface area contributed by atoms with E-state index in [4.69, 9.17) is 9.79 Å². The molecule has 0 aliphatic carbocycles. The second kappa shape index (κ2) is 4.25. The molecule has 0 saturated carbocycles. The fraction of sp³-hybridized carbons (Fsp3) is 0.400. The Morgan fingerprint density at radius 2 is 2.00 bits per heavy atom. The average Bonchev–Trinajstić information content (AvgIpc) is 1.82. The molecular formula is C5H9O6P. The van der Waals surface area contributed by atoms with Crippen molar-refractivity contribution in [3.63, 3.8) is 0 Å². The molecule has 0 aromatic rings. The largest absolute Gasteiger partial charge is 0.524 e. The lowest BCUT2D eigenvalue weighted by Gasteiger charge is -2.05. The summed E-state index contributed by atoms with van der Waals surface area (Å²) in [5.74, 6) is -0.934. The SMILES string of the molecule is COC(=O)C=C(C)OP(=O)(O)O. The average molecular weight is 196 g/mol. The van der Waals surface area contributed by atoms with E-state index in [-0.39, 0.29) is 5.76 Å². The molecule has 0 aromatic carbocycles. The molecule has 0 amide bonds. The number of rotatable bonds is 3. The Labute approximate surface area is 69.0 Å². The van der Waals surface area contributed by atoms with Gasteiger partial charge in [0.05, 0.1) is 13.2 Å². The normalized spacial score (nSPS) is 12.5. The summed E-state index contributed by atoms with van der Waals surface area (Å²) < 4.78 is 18.4. The van der Waals surface area contributed by atoms with Crippen molar-refractivity contribution in [3.05, 3.63) is 11.8 Å². The second-order valence-corrected chi connectivity index (χ2v) is 3.02. The fourth-order valence-corrected chi connectivity index (χ4v) is 0.867. The maximum absolute atomic E-state index is 10.5. The molecule has 0 aromatic heterocycles. The smallest absolute Gasteiger partial charge is 0.466 e. The van der Waals surface area contributed by atoms with E-state index >= 15 is 0 Å². The Kier molecular flexibility index (Phi) is 3.95. The molecule has 6 nitrogen and oxygen atoms in total. The van der Waals surface area contributed by atoms with Crippen molar-refractivity contribution in [1.82, 2.24) is 0 Å². The van der Waals surface area contributed by atoms with Crippen molar-refractivity contribution >= 4 is 13.8 Å². The van der Waals surface area contributed by atoms with E-state index in [1.54, 1.807) is 0 Å². The summed E-state index contributed by atoms with van der Waals surface area (Å²) >= 11 is 0. The van der Waals surface area contributed by atoms with Crippen LogP contribution in [-0.4, -0.2) is 22.9 Å². The summed E-state index contributed by atoms with van der Waals surface area (Å²) in [4.78, 5) is 27.0. The molecule has 0 fully saturated rings. The van der Waals surface area contributed by atoms with Crippen LogP contribution >= 0.6 is 7.82 Å². The van der Waals surface area contributed by atoms with Crippen LogP contribution in [0.15, 0.2) is 11.8 Å². The lowest BCUT2D eigenvalue weighted by atomic mass is 10.5. The highest BCUT2D eigenvalue weighted by Crippen LogP contribution is 2.38. The number of phosphoric ester groups is 1. The monoisotopic (exact) mass is 196 g/mol. The van der Waals surface area contributed by atoms with Crippen molar-refractivity contribution in [3.8, 4) is 0 Å². The standard InChI is InChI=1S/C5H9O6P/c1-4(3-5(6)10-2)11-12(7,8)9/h3H,1-2H3,(H2,7,8,9). The van der Waals surface area contributed by atoms with E-state index in [9.17, 15) is 9.36 Å². The van der Waals surface area contributed by atoms with E-state index in [2.05, 4.69) is 9.26 Å². The van der Waals surface area contributed by atoms with Crippen LogP contribution in [0, 0.1) is 0 Å². The second-order valence-electron chi connectivity index (χ2n) is 1.86. The first-order chi connectivity index (χ1) is 5.35. The molecule has 12 heavy (non-hydrogen) atoms. The lowest BCUT2D eigenvalue weighted by Crippen LogP contribution is -1.97. The predicted molar refractivity (Wildman–Crippen MR) is 38.9 cm³/mol. The molecular weight excluding hydrogens is 187 g/mol. The van der Waals surface area contributed by atoms with Gasteiger partial charge in [-0.25, -0.2) is 9.36 Å². The van der Waals surface area contributed by atoms with Gasteiger partial charge in [0.2, 0.25) is 0 Å². The molecule has 7 heteroatoms. The quantitative estimate of drug-likeness (QED) is 0.289. The molecule has 0 spiro atoms. The van der Waals surface area contributed by atoms with Crippen LogP contribution in [0.5, 0.6) is 0 Å². The minimum absolute atomic E-state index is 0.199. The van der Waals surface area contributed by atoms with E-state index in [0.29, 0.717) is 0 Å². The zero-order valence-electron chi connectivity index (χ0n) is 6.55. The van der Waals surface area contributed by atoms with Gasteiger partial charge >= 0.3 is 13.8 Å². The summed E-state index contributed by atoms with van der Waals surface area (Å²) in [5, 5.41) is 0. The summed E-state index contributed by atoms with van der Waals surface area (Å²) in [6.45, 7) is 1.23. The van der Waals surface area contributed by atoms with Crippen LogP contribution in [0.25, 0.3) is 0 Å². The number of hydrogen-bond donors (Lipinski definition) is 2. The fourth-order valence-electron chi connectivity index (χ4n) is 0.439. The van der Waals surface area contributed by atoms with Crippen molar-refractivity contribution in [2.24, 2.45) is 0 Å². The zero-order chi connectivity index (χ0) is 9.78. The molecule has 0 radical (unpaired) electrons. The van der Waals surface area contributed by atoms with Gasteiger partial charge in [0, 0.05) is 0 Å². The van der Waals surface area contributed by atoms with E-state index in [1.807, 2.05) is 0 Å². The third kappa shape index (κ3) is 5.91. The molecule has 0 heterocycles. The third-order valence-corrected chi connectivity index (χ3v) is 1.31. The Morgan fingerprint density at radius 3 is 2.33 bits per heavy atom. The van der Waals surface area contributed by atoms with Crippen molar-refractivity contribution in [2.75, 3.05) is 7.11 Å². The Balaban J connectivity index is 4.22. The predicted octanol–water partition coefficient (Wildman–Crippen LogP) is 0.172. The Hall–Kier alpha value is -0.840. The lowest BCUT2D eigenvalue weighted by molar-refractivity contribution is -0.135. The van der Waals surface area contributed by atoms with Gasteiger partial charge in [-0.2, -0.15) is 0 Å². The van der Waals surface area contributed by atoms with Crippen LogP contribution in [-0.2, 0) is 18.6 Å². The van der Waals surface area contributed by atoms with Gasteiger partial charge in [-0.15, -0.1) is 0 Å². The first kappa shape index (κ1) is 11.2. The molecule has 0 aliphatic rings.